The minimum absolute atomic E-state index is 0.0544. The Morgan fingerprint density at radius 2 is 0.949 bits per heavy atom. The van der Waals surface area contributed by atoms with Gasteiger partial charge in [-0.1, -0.05) is 204 Å². The number of carboxylic acids is 1. The Balaban J connectivity index is 4.24. The van der Waals surface area contributed by atoms with Gasteiger partial charge in [0, 0.05) is 19.3 Å². The zero-order valence-corrected chi connectivity index (χ0v) is 39.2. The van der Waals surface area contributed by atoms with Crippen LogP contribution in [0.4, 0.5) is 0 Å². The van der Waals surface area contributed by atoms with E-state index >= 15 is 0 Å². The predicted octanol–water partition coefficient (Wildman–Crippen LogP) is 13.8. The summed E-state index contributed by atoms with van der Waals surface area (Å²) in [6.45, 7) is 4.62. The molecule has 0 fully saturated rings. The van der Waals surface area contributed by atoms with Gasteiger partial charge in [-0.15, -0.1) is 0 Å². The van der Waals surface area contributed by atoms with Crippen LogP contribution in [0, 0.1) is 0 Å². The number of rotatable bonds is 44. The first-order valence-electron chi connectivity index (χ1n) is 24.6. The highest BCUT2D eigenvalue weighted by atomic mass is 16.6. The summed E-state index contributed by atoms with van der Waals surface area (Å²) in [7, 11) is 5.53. The molecule has 2 atom stereocenters. The standard InChI is InChI=1S/C51H93NO7/c1-6-8-10-12-14-16-18-20-22-23-24-25-26-28-30-32-34-36-38-40-42-50(54)59-47(45-57-44-43-48(51(55)56)52(3,4)5)46-58-49(53)41-39-37-35-33-31-29-27-21-19-17-15-13-11-9-7-2/h9,11,13,15,17,19,47-48H,6-8,10,12,14,16,18,20-46H2,1-5H3/p+1/b11-9+,15-13+,19-17+. The second kappa shape index (κ2) is 42.2. The van der Waals surface area contributed by atoms with Crippen LogP contribution in [0.1, 0.15) is 219 Å². The summed E-state index contributed by atoms with van der Waals surface area (Å²) >= 11 is 0. The van der Waals surface area contributed by atoms with Crippen LogP contribution in [0.5, 0.6) is 0 Å². The summed E-state index contributed by atoms with van der Waals surface area (Å²) in [5, 5.41) is 9.64. The first kappa shape index (κ1) is 56.5. The maximum Gasteiger partial charge on any atom is 0.362 e. The fraction of sp³-hybridized carbons (Fsp3) is 0.824. The third-order valence-electron chi connectivity index (χ3n) is 11.1. The van der Waals surface area contributed by atoms with E-state index < -0.39 is 18.1 Å². The molecule has 1 N–H and O–H groups in total. The van der Waals surface area contributed by atoms with Crippen LogP contribution in [-0.2, 0) is 28.6 Å². The molecule has 0 saturated carbocycles. The summed E-state index contributed by atoms with van der Waals surface area (Å²) < 4.78 is 17.3. The zero-order valence-electron chi connectivity index (χ0n) is 39.2. The number of carbonyl (C=O) groups excluding carboxylic acids is 2. The van der Waals surface area contributed by atoms with Crippen LogP contribution in [0.3, 0.4) is 0 Å². The van der Waals surface area contributed by atoms with E-state index in [0.29, 0.717) is 19.3 Å². The average Bonchev–Trinajstić information content (AvgIpc) is 3.19. The van der Waals surface area contributed by atoms with Crippen molar-refractivity contribution in [1.29, 1.82) is 0 Å². The SMILES string of the molecule is CC/C=C/C=C/C=C/CCCCCCCCCC(=O)OCC(COCCC(C(=O)O)[N+](C)(C)C)OC(=O)CCCCCCCCCCCCCCCCCCCCCC. The number of allylic oxidation sites excluding steroid dienone is 6. The van der Waals surface area contributed by atoms with E-state index in [2.05, 4.69) is 50.3 Å². The highest BCUT2D eigenvalue weighted by Crippen LogP contribution is 2.16. The molecule has 0 radical (unpaired) electrons. The van der Waals surface area contributed by atoms with Gasteiger partial charge in [-0.3, -0.25) is 9.59 Å². The van der Waals surface area contributed by atoms with Crippen molar-refractivity contribution >= 4 is 17.9 Å². The van der Waals surface area contributed by atoms with Gasteiger partial charge >= 0.3 is 17.9 Å². The molecular formula is C51H94NO7+. The fourth-order valence-electron chi connectivity index (χ4n) is 7.33. The van der Waals surface area contributed by atoms with Crippen molar-refractivity contribution in [2.45, 2.75) is 231 Å². The molecule has 344 valence electrons. The number of carboxylic acid groups (broad SMARTS) is 1. The highest BCUT2D eigenvalue weighted by molar-refractivity contribution is 5.72. The van der Waals surface area contributed by atoms with Gasteiger partial charge in [0.2, 0.25) is 0 Å². The molecule has 2 unspecified atom stereocenters. The first-order chi connectivity index (χ1) is 28.6. The molecule has 0 aliphatic rings. The maximum absolute atomic E-state index is 12.8. The summed E-state index contributed by atoms with van der Waals surface area (Å²) in [5.41, 5.74) is 0. The minimum atomic E-state index is -0.875. The third kappa shape index (κ3) is 40.7. The van der Waals surface area contributed by atoms with Crippen molar-refractivity contribution in [1.82, 2.24) is 0 Å². The van der Waals surface area contributed by atoms with Crippen molar-refractivity contribution in [3.63, 3.8) is 0 Å². The lowest BCUT2D eigenvalue weighted by molar-refractivity contribution is -0.887. The van der Waals surface area contributed by atoms with Gasteiger partial charge in [-0.2, -0.15) is 0 Å². The Morgan fingerprint density at radius 1 is 0.525 bits per heavy atom. The van der Waals surface area contributed by atoms with Crippen molar-refractivity contribution in [3.8, 4) is 0 Å². The molecule has 0 bridgehead atoms. The molecule has 0 spiro atoms. The number of nitrogens with zero attached hydrogens (tertiary/aromatic N) is 1. The monoisotopic (exact) mass is 833 g/mol. The van der Waals surface area contributed by atoms with Gasteiger partial charge in [0.25, 0.3) is 0 Å². The van der Waals surface area contributed by atoms with Gasteiger partial charge in [0.05, 0.1) is 34.4 Å². The molecule has 8 heteroatoms. The number of aliphatic carboxylic acids is 1. The molecule has 0 amide bonds. The van der Waals surface area contributed by atoms with Crippen LogP contribution in [0.25, 0.3) is 0 Å². The summed E-state index contributed by atoms with van der Waals surface area (Å²) in [6.07, 6.45) is 49.0. The molecule has 0 aromatic rings. The predicted molar refractivity (Wildman–Crippen MR) is 248 cm³/mol. The smallest absolute Gasteiger partial charge is 0.362 e. The Hall–Kier alpha value is -2.45. The second-order valence-corrected chi connectivity index (χ2v) is 17.8. The van der Waals surface area contributed by atoms with E-state index in [0.717, 1.165) is 51.4 Å². The fourth-order valence-corrected chi connectivity index (χ4v) is 7.33. The summed E-state index contributed by atoms with van der Waals surface area (Å²) in [5.74, 6) is -1.47. The number of carbonyl (C=O) groups is 3. The molecule has 8 nitrogen and oxygen atoms in total. The number of ether oxygens (including phenoxy) is 3. The lowest BCUT2D eigenvalue weighted by Crippen LogP contribution is -2.50. The lowest BCUT2D eigenvalue weighted by Gasteiger charge is -2.31. The number of likely N-dealkylation sites (N-methyl/N-ethyl adjacent to an activating group) is 1. The number of hydrogen-bond acceptors (Lipinski definition) is 6. The first-order valence-corrected chi connectivity index (χ1v) is 24.6. The molecule has 0 saturated heterocycles. The normalized spacial score (nSPS) is 13.2. The van der Waals surface area contributed by atoms with Gasteiger partial charge in [0.1, 0.15) is 6.61 Å². The van der Waals surface area contributed by atoms with E-state index in [-0.39, 0.29) is 36.2 Å². The number of esters is 2. The van der Waals surface area contributed by atoms with Gasteiger partial charge < -0.3 is 23.8 Å². The van der Waals surface area contributed by atoms with Gasteiger partial charge in [-0.05, 0) is 32.1 Å². The Morgan fingerprint density at radius 3 is 1.39 bits per heavy atom. The highest BCUT2D eigenvalue weighted by Gasteiger charge is 2.31. The molecule has 0 aliphatic carbocycles. The topological polar surface area (TPSA) is 99.1 Å². The minimum Gasteiger partial charge on any atom is -0.477 e. The van der Waals surface area contributed by atoms with Crippen molar-refractivity contribution in [2.75, 3.05) is 41.0 Å². The van der Waals surface area contributed by atoms with Crippen LogP contribution < -0.4 is 0 Å². The molecular weight excluding hydrogens is 739 g/mol. The molecule has 0 aliphatic heterocycles. The quantitative estimate of drug-likeness (QED) is 0.0282. The van der Waals surface area contributed by atoms with Crippen molar-refractivity contribution in [3.05, 3.63) is 36.5 Å². The van der Waals surface area contributed by atoms with Crippen molar-refractivity contribution < 1.29 is 38.2 Å². The molecule has 0 aromatic carbocycles. The number of unbranched alkanes of at least 4 members (excludes halogenated alkanes) is 26. The molecule has 0 heterocycles. The Labute approximate surface area is 364 Å². The van der Waals surface area contributed by atoms with Crippen LogP contribution in [0.15, 0.2) is 36.5 Å². The van der Waals surface area contributed by atoms with Gasteiger partial charge in [0.15, 0.2) is 12.1 Å². The molecule has 0 aromatic heterocycles. The van der Waals surface area contributed by atoms with Crippen LogP contribution in [-0.4, -0.2) is 80.6 Å². The third-order valence-corrected chi connectivity index (χ3v) is 11.1. The van der Waals surface area contributed by atoms with Crippen molar-refractivity contribution in [2.24, 2.45) is 0 Å². The van der Waals surface area contributed by atoms with Crippen LogP contribution in [0.2, 0.25) is 0 Å². The Kier molecular flexibility index (Phi) is 40.5. The van der Waals surface area contributed by atoms with E-state index in [1.165, 1.54) is 135 Å². The second-order valence-electron chi connectivity index (χ2n) is 17.8. The largest absolute Gasteiger partial charge is 0.477 e. The van der Waals surface area contributed by atoms with E-state index in [9.17, 15) is 19.5 Å². The Bertz CT molecular complexity index is 1060. The number of quaternary nitrogens is 1. The summed E-state index contributed by atoms with van der Waals surface area (Å²) in [6, 6.07) is -0.615. The lowest BCUT2D eigenvalue weighted by atomic mass is 10.0. The van der Waals surface area contributed by atoms with E-state index in [4.69, 9.17) is 14.2 Å². The average molecular weight is 833 g/mol. The van der Waals surface area contributed by atoms with Gasteiger partial charge in [-0.25, -0.2) is 4.79 Å². The maximum atomic E-state index is 12.8. The van der Waals surface area contributed by atoms with Crippen LogP contribution >= 0.6 is 0 Å². The van der Waals surface area contributed by atoms with E-state index in [1.54, 1.807) is 0 Å². The molecule has 0 rings (SSSR count). The van der Waals surface area contributed by atoms with E-state index in [1.807, 2.05) is 21.1 Å². The summed E-state index contributed by atoms with van der Waals surface area (Å²) in [4.78, 5) is 37.1. The molecule has 59 heavy (non-hydrogen) atoms. The zero-order chi connectivity index (χ0) is 43.5. The number of hydrogen-bond donors (Lipinski definition) is 1.